The van der Waals surface area contributed by atoms with Gasteiger partial charge < -0.3 is 4.74 Å². The van der Waals surface area contributed by atoms with Gasteiger partial charge in [0.2, 0.25) is 0 Å². The van der Waals surface area contributed by atoms with Crippen molar-refractivity contribution in [3.63, 3.8) is 0 Å². The van der Waals surface area contributed by atoms with Crippen molar-refractivity contribution in [3.05, 3.63) is 91.0 Å². The number of carbonyl (C=O) groups is 1. The Morgan fingerprint density at radius 1 is 0.680 bits per heavy atom. The van der Waals surface area contributed by atoms with Crippen molar-refractivity contribution < 1.29 is 9.53 Å². The van der Waals surface area contributed by atoms with E-state index in [-0.39, 0.29) is 23.0 Å². The smallest absolute Gasteiger partial charge is 0.302 e. The standard InChI is InChI=1S/C18H15P.C3H6O2.BrH/c1-4-10-16(11-5-1)19(17-12-6-2-7-13-17)18-14-8-3-9-15-18;1-3(4)5-2;/h1-15H;1-2H3;1H. The first-order valence-corrected chi connectivity index (χ1v) is 9.06. The lowest BCUT2D eigenvalue weighted by Crippen LogP contribution is -2.20. The molecular formula is C21H22BrO2P. The molecule has 0 N–H and O–H groups in total. The van der Waals surface area contributed by atoms with E-state index in [0.717, 1.165) is 0 Å². The Morgan fingerprint density at radius 2 is 0.920 bits per heavy atom. The van der Waals surface area contributed by atoms with Crippen molar-refractivity contribution in [2.24, 2.45) is 0 Å². The first-order valence-electron chi connectivity index (χ1n) is 7.72. The number of ether oxygens (including phenoxy) is 1. The molecule has 0 spiro atoms. The van der Waals surface area contributed by atoms with Crippen LogP contribution < -0.4 is 15.9 Å². The number of methoxy groups -OCH3 is 1. The summed E-state index contributed by atoms with van der Waals surface area (Å²) in [5.74, 6) is -0.245. The molecule has 0 atom stereocenters. The van der Waals surface area contributed by atoms with Crippen molar-refractivity contribution in [3.8, 4) is 0 Å². The van der Waals surface area contributed by atoms with Gasteiger partial charge in [-0.25, -0.2) is 0 Å². The molecule has 130 valence electrons. The highest BCUT2D eigenvalue weighted by molar-refractivity contribution is 8.93. The maximum absolute atomic E-state index is 9.59. The van der Waals surface area contributed by atoms with Gasteiger partial charge in [-0.15, -0.1) is 17.0 Å². The predicted molar refractivity (Wildman–Crippen MR) is 113 cm³/mol. The Balaban J connectivity index is 0.000000462. The van der Waals surface area contributed by atoms with Gasteiger partial charge >= 0.3 is 5.97 Å². The maximum Gasteiger partial charge on any atom is 0.302 e. The van der Waals surface area contributed by atoms with Gasteiger partial charge in [-0.3, -0.25) is 4.79 Å². The van der Waals surface area contributed by atoms with Crippen molar-refractivity contribution in [1.82, 2.24) is 0 Å². The van der Waals surface area contributed by atoms with Crippen molar-refractivity contribution in [2.45, 2.75) is 6.92 Å². The van der Waals surface area contributed by atoms with Crippen LogP contribution in [0, 0.1) is 0 Å². The van der Waals surface area contributed by atoms with Gasteiger partial charge in [0.1, 0.15) is 0 Å². The third-order valence-corrected chi connectivity index (χ3v) is 5.77. The summed E-state index contributed by atoms with van der Waals surface area (Å²) in [6, 6.07) is 32.3. The molecule has 0 radical (unpaired) electrons. The molecule has 25 heavy (non-hydrogen) atoms. The quantitative estimate of drug-likeness (QED) is 0.472. The monoisotopic (exact) mass is 416 g/mol. The average molecular weight is 417 g/mol. The van der Waals surface area contributed by atoms with Crippen molar-refractivity contribution >= 4 is 46.8 Å². The zero-order valence-electron chi connectivity index (χ0n) is 14.3. The van der Waals surface area contributed by atoms with Gasteiger partial charge in [-0.05, 0) is 23.8 Å². The minimum atomic E-state index is -0.446. The molecule has 0 unspecified atom stereocenters. The third kappa shape index (κ3) is 6.81. The summed E-state index contributed by atoms with van der Waals surface area (Å²) in [5.41, 5.74) is 0. The highest BCUT2D eigenvalue weighted by Crippen LogP contribution is 2.32. The molecule has 3 aromatic carbocycles. The summed E-state index contributed by atoms with van der Waals surface area (Å²) in [5, 5.41) is 4.19. The maximum atomic E-state index is 9.59. The molecular weight excluding hydrogens is 395 g/mol. The molecule has 0 heterocycles. The fraction of sp³-hybridized carbons (Fsp3) is 0.0952. The molecule has 4 heteroatoms. The second-order valence-corrected chi connectivity index (χ2v) is 7.26. The van der Waals surface area contributed by atoms with E-state index in [2.05, 4.69) is 95.7 Å². The number of rotatable bonds is 3. The summed E-state index contributed by atoms with van der Waals surface area (Å²) in [4.78, 5) is 9.59. The summed E-state index contributed by atoms with van der Waals surface area (Å²) in [6.45, 7) is 1.36. The highest BCUT2D eigenvalue weighted by atomic mass is 79.9. The van der Waals surface area contributed by atoms with E-state index in [9.17, 15) is 4.79 Å². The number of benzene rings is 3. The second kappa shape index (κ2) is 11.6. The lowest BCUT2D eigenvalue weighted by molar-refractivity contribution is -0.137. The summed E-state index contributed by atoms with van der Waals surface area (Å²) in [6.07, 6.45) is 0. The van der Waals surface area contributed by atoms with Crippen LogP contribution in [-0.4, -0.2) is 13.1 Å². The fourth-order valence-electron chi connectivity index (χ4n) is 2.18. The highest BCUT2D eigenvalue weighted by Gasteiger charge is 2.14. The largest absolute Gasteiger partial charge is 0.469 e. The van der Waals surface area contributed by atoms with E-state index >= 15 is 0 Å². The van der Waals surface area contributed by atoms with Crippen LogP contribution in [0.5, 0.6) is 0 Å². The predicted octanol–water partition coefficient (Wildman–Crippen LogP) is 4.20. The van der Waals surface area contributed by atoms with Gasteiger partial charge in [0.25, 0.3) is 0 Å². The first kappa shape index (κ1) is 21.1. The zero-order chi connectivity index (χ0) is 17.2. The molecule has 3 aromatic rings. The lowest BCUT2D eigenvalue weighted by Gasteiger charge is -2.18. The van der Waals surface area contributed by atoms with Crippen LogP contribution in [0.25, 0.3) is 0 Å². The van der Waals surface area contributed by atoms with Gasteiger partial charge in [0, 0.05) is 6.92 Å². The van der Waals surface area contributed by atoms with Crippen LogP contribution in [0.2, 0.25) is 0 Å². The molecule has 0 aromatic heterocycles. The van der Waals surface area contributed by atoms with E-state index in [0.29, 0.717) is 0 Å². The van der Waals surface area contributed by atoms with Crippen LogP contribution in [-0.2, 0) is 9.53 Å². The Labute approximate surface area is 161 Å². The van der Waals surface area contributed by atoms with Crippen molar-refractivity contribution in [1.29, 1.82) is 0 Å². The van der Waals surface area contributed by atoms with Crippen LogP contribution in [0.15, 0.2) is 91.0 Å². The van der Waals surface area contributed by atoms with E-state index in [1.807, 2.05) is 0 Å². The molecule has 2 nitrogen and oxygen atoms in total. The Morgan fingerprint density at radius 3 is 1.12 bits per heavy atom. The zero-order valence-corrected chi connectivity index (χ0v) is 16.9. The Hall–Kier alpha value is -1.96. The third-order valence-electron chi connectivity index (χ3n) is 3.33. The van der Waals surface area contributed by atoms with Crippen LogP contribution in [0.4, 0.5) is 0 Å². The minimum absolute atomic E-state index is 0. The number of hydrogen-bond acceptors (Lipinski definition) is 2. The number of carbonyl (C=O) groups excluding carboxylic acids is 1. The van der Waals surface area contributed by atoms with Gasteiger partial charge in [0.05, 0.1) is 7.11 Å². The Kier molecular flexibility index (Phi) is 9.76. The molecule has 0 aliphatic carbocycles. The first-order chi connectivity index (χ1) is 11.7. The summed E-state index contributed by atoms with van der Waals surface area (Å²) < 4.78 is 4.11. The molecule has 0 amide bonds. The van der Waals surface area contributed by atoms with Gasteiger partial charge in [-0.1, -0.05) is 91.0 Å². The summed E-state index contributed by atoms with van der Waals surface area (Å²) >= 11 is 0. The van der Waals surface area contributed by atoms with E-state index in [1.54, 1.807) is 0 Å². The van der Waals surface area contributed by atoms with Crippen LogP contribution in [0.3, 0.4) is 0 Å². The van der Waals surface area contributed by atoms with E-state index < -0.39 is 7.92 Å². The topological polar surface area (TPSA) is 26.3 Å². The lowest BCUT2D eigenvalue weighted by atomic mass is 10.4. The fourth-order valence-corrected chi connectivity index (χ4v) is 4.48. The number of halogens is 1. The molecule has 3 rings (SSSR count). The van der Waals surface area contributed by atoms with Gasteiger partial charge in [0.15, 0.2) is 0 Å². The second-order valence-electron chi connectivity index (χ2n) is 5.04. The van der Waals surface area contributed by atoms with Crippen LogP contribution in [0.1, 0.15) is 6.92 Å². The van der Waals surface area contributed by atoms with E-state index in [4.69, 9.17) is 0 Å². The van der Waals surface area contributed by atoms with E-state index in [1.165, 1.54) is 29.9 Å². The van der Waals surface area contributed by atoms with Crippen molar-refractivity contribution in [2.75, 3.05) is 7.11 Å². The SMILES string of the molecule is Br.COC(C)=O.c1ccc(P(c2ccccc2)c2ccccc2)cc1. The Bertz CT molecular complexity index is 640. The normalized spacial score (nSPS) is 9.40. The molecule has 0 fully saturated rings. The van der Waals surface area contributed by atoms with Gasteiger partial charge in [-0.2, -0.15) is 0 Å². The molecule has 0 saturated carbocycles. The van der Waals surface area contributed by atoms with Crippen LogP contribution >= 0.6 is 24.9 Å². The molecule has 0 bridgehead atoms. The molecule has 0 saturated heterocycles. The summed E-state index contributed by atoms with van der Waals surface area (Å²) in [7, 11) is 0.904. The minimum Gasteiger partial charge on any atom is -0.469 e. The average Bonchev–Trinajstić information content (AvgIpc) is 2.65. The number of hydrogen-bond donors (Lipinski definition) is 0. The number of esters is 1. The molecule has 0 aliphatic heterocycles. The molecule has 0 aliphatic rings.